The maximum absolute atomic E-state index is 4.66. The van der Waals surface area contributed by atoms with Crippen LogP contribution in [0.2, 0.25) is 0 Å². The summed E-state index contributed by atoms with van der Waals surface area (Å²) in [5.74, 6) is 0. The fourth-order valence-corrected chi connectivity index (χ4v) is 2.56. The van der Waals surface area contributed by atoms with Crippen LogP contribution in [0.1, 0.15) is 16.8 Å². The first-order valence-corrected chi connectivity index (χ1v) is 6.82. The van der Waals surface area contributed by atoms with Gasteiger partial charge in [-0.2, -0.15) is 0 Å². The zero-order valence-corrected chi connectivity index (χ0v) is 12.1. The number of aryl methyl sites for hydroxylation is 2. The summed E-state index contributed by atoms with van der Waals surface area (Å²) in [5, 5.41) is 1.25. The van der Waals surface area contributed by atoms with Crippen molar-refractivity contribution < 1.29 is 0 Å². The monoisotopic (exact) mass is 262 g/mol. The highest BCUT2D eigenvalue weighted by atomic mass is 14.9. The Morgan fingerprint density at radius 3 is 2.45 bits per heavy atom. The molecular weight excluding hydrogens is 244 g/mol. The van der Waals surface area contributed by atoms with Crippen LogP contribution < -0.4 is 0 Å². The molecule has 3 aromatic rings. The minimum atomic E-state index is 1.03. The number of para-hydroxylation sites is 2. The van der Waals surface area contributed by atoms with Crippen LogP contribution in [-0.2, 0) is 7.05 Å². The van der Waals surface area contributed by atoms with Crippen LogP contribution in [0.3, 0.4) is 0 Å². The molecule has 0 aliphatic heterocycles. The van der Waals surface area contributed by atoms with Gasteiger partial charge in [-0.05, 0) is 31.5 Å². The third-order valence-corrected chi connectivity index (χ3v) is 3.90. The Hall–Kier alpha value is -2.35. The van der Waals surface area contributed by atoms with Gasteiger partial charge < -0.3 is 4.57 Å². The molecule has 0 N–H and O–H groups in total. The van der Waals surface area contributed by atoms with E-state index in [1.807, 2.05) is 24.4 Å². The van der Waals surface area contributed by atoms with Crippen LogP contribution in [0.4, 0.5) is 5.69 Å². The summed E-state index contributed by atoms with van der Waals surface area (Å²) in [4.78, 5) is 4.66. The van der Waals surface area contributed by atoms with E-state index in [1.165, 1.54) is 27.7 Å². The third kappa shape index (κ3) is 2.03. The van der Waals surface area contributed by atoms with Gasteiger partial charge in [0.1, 0.15) is 0 Å². The molecule has 0 saturated heterocycles. The van der Waals surface area contributed by atoms with E-state index in [2.05, 4.69) is 60.8 Å². The highest BCUT2D eigenvalue weighted by molar-refractivity contribution is 6.01. The molecule has 100 valence electrons. The van der Waals surface area contributed by atoms with Crippen molar-refractivity contribution in [3.05, 3.63) is 65.4 Å². The predicted octanol–water partition coefficient (Wildman–Crippen LogP) is 4.55. The molecule has 0 spiro atoms. The molecule has 0 atom stereocenters. The Morgan fingerprint density at radius 1 is 0.950 bits per heavy atom. The summed E-state index contributed by atoms with van der Waals surface area (Å²) < 4.78 is 2.22. The lowest BCUT2D eigenvalue weighted by molar-refractivity contribution is 0.917. The molecule has 20 heavy (non-hydrogen) atoms. The Kier molecular flexibility index (Phi) is 3.15. The number of nitrogens with zero attached hydrogens (tertiary/aromatic N) is 2. The molecule has 0 aliphatic carbocycles. The summed E-state index contributed by atoms with van der Waals surface area (Å²) in [6.45, 7) is 4.22. The second-order valence-corrected chi connectivity index (χ2v) is 5.12. The van der Waals surface area contributed by atoms with Gasteiger partial charge in [0.2, 0.25) is 0 Å². The van der Waals surface area contributed by atoms with Crippen LogP contribution in [0.5, 0.6) is 0 Å². The lowest BCUT2D eigenvalue weighted by atomic mass is 10.1. The van der Waals surface area contributed by atoms with E-state index in [-0.39, 0.29) is 0 Å². The van der Waals surface area contributed by atoms with Gasteiger partial charge in [0.15, 0.2) is 0 Å². The van der Waals surface area contributed by atoms with E-state index in [9.17, 15) is 0 Å². The second kappa shape index (κ2) is 4.97. The lowest BCUT2D eigenvalue weighted by Crippen LogP contribution is -1.91. The molecular formula is C18H18N2. The fourth-order valence-electron chi connectivity index (χ4n) is 2.56. The molecule has 1 heterocycles. The molecule has 0 fully saturated rings. The number of benzene rings is 2. The minimum absolute atomic E-state index is 1.03. The average molecular weight is 262 g/mol. The third-order valence-electron chi connectivity index (χ3n) is 3.90. The number of aliphatic imine (C=N–C) groups is 1. The predicted molar refractivity (Wildman–Crippen MR) is 86.1 cm³/mol. The standard InChI is InChI=1S/C18H18N2/c1-13-8-4-6-10-17(13)19-12-16-14(2)20(3)18-11-7-5-9-15(16)18/h4-12H,1-3H3. The van der Waals surface area contributed by atoms with Crippen LogP contribution in [0, 0.1) is 13.8 Å². The van der Waals surface area contributed by atoms with Crippen molar-refractivity contribution in [3.8, 4) is 0 Å². The molecule has 1 aromatic heterocycles. The first kappa shape index (κ1) is 12.7. The largest absolute Gasteiger partial charge is 0.347 e. The normalized spacial score (nSPS) is 11.6. The number of hydrogen-bond donors (Lipinski definition) is 0. The van der Waals surface area contributed by atoms with Gasteiger partial charge in [-0.3, -0.25) is 4.99 Å². The average Bonchev–Trinajstić information content (AvgIpc) is 2.71. The number of fused-ring (bicyclic) bond motifs is 1. The number of aromatic nitrogens is 1. The topological polar surface area (TPSA) is 17.3 Å². The Balaban J connectivity index is 2.12. The van der Waals surface area contributed by atoms with Gasteiger partial charge in [0.05, 0.1) is 5.69 Å². The minimum Gasteiger partial charge on any atom is -0.347 e. The second-order valence-electron chi connectivity index (χ2n) is 5.12. The van der Waals surface area contributed by atoms with Crippen molar-refractivity contribution in [1.29, 1.82) is 0 Å². The molecule has 3 rings (SSSR count). The highest BCUT2D eigenvalue weighted by Crippen LogP contribution is 2.24. The fraction of sp³-hybridized carbons (Fsp3) is 0.167. The smallest absolute Gasteiger partial charge is 0.0659 e. The van der Waals surface area contributed by atoms with Crippen molar-refractivity contribution in [1.82, 2.24) is 4.57 Å². The van der Waals surface area contributed by atoms with Gasteiger partial charge in [-0.15, -0.1) is 0 Å². The summed E-state index contributed by atoms with van der Waals surface area (Å²) in [5.41, 5.74) is 5.91. The van der Waals surface area contributed by atoms with Gasteiger partial charge >= 0.3 is 0 Å². The van der Waals surface area contributed by atoms with Crippen LogP contribution >= 0.6 is 0 Å². The molecule has 0 amide bonds. The van der Waals surface area contributed by atoms with Crippen molar-refractivity contribution in [2.45, 2.75) is 13.8 Å². The summed E-state index contributed by atoms with van der Waals surface area (Å²) >= 11 is 0. The Labute approximate surface area is 119 Å². The van der Waals surface area contributed by atoms with Gasteiger partial charge in [-0.25, -0.2) is 0 Å². The first-order chi connectivity index (χ1) is 9.68. The molecule has 2 nitrogen and oxygen atoms in total. The summed E-state index contributed by atoms with van der Waals surface area (Å²) in [6, 6.07) is 16.6. The molecule has 0 saturated carbocycles. The van der Waals surface area contributed by atoms with E-state index in [0.717, 1.165) is 5.69 Å². The highest BCUT2D eigenvalue weighted by Gasteiger charge is 2.09. The van der Waals surface area contributed by atoms with E-state index >= 15 is 0 Å². The molecule has 0 unspecified atom stereocenters. The maximum atomic E-state index is 4.66. The molecule has 0 aliphatic rings. The van der Waals surface area contributed by atoms with E-state index in [0.29, 0.717) is 0 Å². The van der Waals surface area contributed by atoms with E-state index in [1.54, 1.807) is 0 Å². The summed E-state index contributed by atoms with van der Waals surface area (Å²) in [6.07, 6.45) is 1.99. The molecule has 2 aromatic carbocycles. The van der Waals surface area contributed by atoms with E-state index in [4.69, 9.17) is 0 Å². The van der Waals surface area contributed by atoms with Crippen molar-refractivity contribution >= 4 is 22.8 Å². The van der Waals surface area contributed by atoms with Crippen LogP contribution in [0.15, 0.2) is 53.5 Å². The van der Waals surface area contributed by atoms with Gasteiger partial charge in [0, 0.05) is 35.4 Å². The quantitative estimate of drug-likeness (QED) is 0.603. The van der Waals surface area contributed by atoms with E-state index < -0.39 is 0 Å². The molecule has 0 bridgehead atoms. The van der Waals surface area contributed by atoms with Gasteiger partial charge in [-0.1, -0.05) is 36.4 Å². The van der Waals surface area contributed by atoms with Crippen molar-refractivity contribution in [3.63, 3.8) is 0 Å². The van der Waals surface area contributed by atoms with Crippen molar-refractivity contribution in [2.75, 3.05) is 0 Å². The van der Waals surface area contributed by atoms with Crippen molar-refractivity contribution in [2.24, 2.45) is 12.0 Å². The Bertz CT molecular complexity index is 794. The van der Waals surface area contributed by atoms with Gasteiger partial charge in [0.25, 0.3) is 0 Å². The lowest BCUT2D eigenvalue weighted by Gasteiger charge is -1.99. The number of hydrogen-bond acceptors (Lipinski definition) is 1. The zero-order valence-electron chi connectivity index (χ0n) is 12.1. The van der Waals surface area contributed by atoms with Crippen LogP contribution in [-0.4, -0.2) is 10.8 Å². The molecule has 0 radical (unpaired) electrons. The zero-order chi connectivity index (χ0) is 14.1. The first-order valence-electron chi connectivity index (χ1n) is 6.82. The molecule has 2 heteroatoms. The summed E-state index contributed by atoms with van der Waals surface area (Å²) in [7, 11) is 2.10. The SMILES string of the molecule is Cc1ccccc1N=Cc1c(C)n(C)c2ccccc12. The number of rotatable bonds is 2. The maximum Gasteiger partial charge on any atom is 0.0659 e. The Morgan fingerprint density at radius 2 is 1.65 bits per heavy atom. The van der Waals surface area contributed by atoms with Crippen LogP contribution in [0.25, 0.3) is 10.9 Å².